The van der Waals surface area contributed by atoms with Crippen molar-refractivity contribution in [3.8, 4) is 0 Å². The molecule has 1 rings (SSSR count). The van der Waals surface area contributed by atoms with Crippen LogP contribution in [0.4, 0.5) is 0 Å². The quantitative estimate of drug-likeness (QED) is 0.0363. The number of rotatable bonds is 32. The Morgan fingerprint density at radius 1 is 0.604 bits per heavy atom. The molecule has 0 aromatic carbocycles. The first-order valence-corrected chi connectivity index (χ1v) is 20.6. The number of carbonyl (C=O) groups excluding carboxylic acids is 1. The zero-order valence-electron chi connectivity index (χ0n) is 31.2. The minimum Gasteiger partial charge on any atom is -0.396 e. The zero-order chi connectivity index (χ0) is 35.4. The number of nitrogens with one attached hydrogen (secondary N) is 1. The van der Waals surface area contributed by atoms with E-state index < -0.39 is 48.4 Å². The Bertz CT molecular complexity index is 738. The normalized spacial score (nSPS) is 23.2. The molecule has 1 aliphatic carbocycles. The molecule has 0 spiro atoms. The lowest BCUT2D eigenvalue weighted by molar-refractivity contribution is -0.144. The molecule has 8 nitrogen and oxygen atoms in total. The number of unbranched alkanes of at least 4 members (excludes halogenated alkanes) is 22. The van der Waals surface area contributed by atoms with E-state index >= 15 is 0 Å². The number of amides is 1. The number of aliphatic hydroxyl groups is 6. The fraction of sp³-hybridized carbons (Fsp3) is 0.975. The van der Waals surface area contributed by atoms with E-state index in [1.807, 2.05) is 0 Å². The van der Waals surface area contributed by atoms with E-state index in [1.165, 1.54) is 128 Å². The van der Waals surface area contributed by atoms with Crippen LogP contribution < -0.4 is 5.32 Å². The second-order valence-corrected chi connectivity index (χ2v) is 15.2. The van der Waals surface area contributed by atoms with E-state index in [-0.39, 0.29) is 12.5 Å². The molecule has 0 aromatic heterocycles. The van der Waals surface area contributed by atoms with Gasteiger partial charge in [0.2, 0.25) is 5.91 Å². The van der Waals surface area contributed by atoms with Gasteiger partial charge in [-0.1, -0.05) is 155 Å². The number of hydrogen-bond acceptors (Lipinski definition) is 7. The maximum Gasteiger partial charge on any atom is 0.220 e. The van der Waals surface area contributed by atoms with Crippen molar-refractivity contribution in [1.82, 2.24) is 5.32 Å². The van der Waals surface area contributed by atoms with Crippen LogP contribution in [0.15, 0.2) is 0 Å². The zero-order valence-corrected chi connectivity index (χ0v) is 31.2. The van der Waals surface area contributed by atoms with Crippen LogP contribution in [0.5, 0.6) is 0 Å². The number of carbonyl (C=O) groups is 1. The summed E-state index contributed by atoms with van der Waals surface area (Å²) in [7, 11) is 0. The molecule has 8 atom stereocenters. The van der Waals surface area contributed by atoms with Gasteiger partial charge in [0.1, 0.15) is 6.10 Å². The highest BCUT2D eigenvalue weighted by Gasteiger charge is 2.42. The molecule has 0 radical (unpaired) electrons. The largest absolute Gasteiger partial charge is 0.396 e. The summed E-state index contributed by atoms with van der Waals surface area (Å²) in [5, 5.41) is 64.2. The molecule has 48 heavy (non-hydrogen) atoms. The first-order chi connectivity index (χ1) is 23.3. The van der Waals surface area contributed by atoms with Crippen LogP contribution in [0.3, 0.4) is 0 Å². The van der Waals surface area contributed by atoms with Gasteiger partial charge in [0.25, 0.3) is 0 Å². The topological polar surface area (TPSA) is 150 Å². The molecule has 286 valence electrons. The summed E-state index contributed by atoms with van der Waals surface area (Å²) in [5.74, 6) is -1.08. The van der Waals surface area contributed by atoms with Gasteiger partial charge in [-0.05, 0) is 38.0 Å². The van der Waals surface area contributed by atoms with E-state index in [1.54, 1.807) is 6.92 Å². The van der Waals surface area contributed by atoms with Crippen LogP contribution in [-0.2, 0) is 4.79 Å². The van der Waals surface area contributed by atoms with Gasteiger partial charge >= 0.3 is 0 Å². The fourth-order valence-electron chi connectivity index (χ4n) is 7.48. The molecule has 1 amide bonds. The van der Waals surface area contributed by atoms with Crippen molar-refractivity contribution in [2.45, 2.75) is 230 Å². The molecule has 1 saturated carbocycles. The number of aliphatic hydroxyl groups excluding tert-OH is 6. The minimum atomic E-state index is -1.35. The average Bonchev–Trinajstić information content (AvgIpc) is 3.09. The van der Waals surface area contributed by atoms with Gasteiger partial charge in [0.05, 0.1) is 30.5 Å². The highest BCUT2D eigenvalue weighted by molar-refractivity contribution is 5.76. The molecule has 0 heterocycles. The Balaban J connectivity index is 2.06. The SMILES string of the molecule is CCCCCCCCCCCCCCCCCCCCCCCCCC(=O)NC(CCC1CC(CO)C(O)C(O)C1O)C(O)C(O)CC. The molecule has 7 N–H and O–H groups in total. The Morgan fingerprint density at radius 2 is 1.00 bits per heavy atom. The van der Waals surface area contributed by atoms with Crippen LogP contribution in [0.2, 0.25) is 0 Å². The average molecular weight is 686 g/mol. The molecule has 0 bridgehead atoms. The monoisotopic (exact) mass is 686 g/mol. The third kappa shape index (κ3) is 20.8. The third-order valence-corrected chi connectivity index (χ3v) is 10.9. The van der Waals surface area contributed by atoms with Crippen LogP contribution >= 0.6 is 0 Å². The first kappa shape index (κ1) is 45.3. The fourth-order valence-corrected chi connectivity index (χ4v) is 7.48. The van der Waals surface area contributed by atoms with Gasteiger partial charge in [-0.15, -0.1) is 0 Å². The Labute approximate surface area is 294 Å². The van der Waals surface area contributed by atoms with Crippen LogP contribution in [0.25, 0.3) is 0 Å². The molecule has 0 aromatic rings. The van der Waals surface area contributed by atoms with Gasteiger partial charge < -0.3 is 36.0 Å². The van der Waals surface area contributed by atoms with E-state index in [4.69, 9.17) is 0 Å². The summed E-state index contributed by atoms with van der Waals surface area (Å²) >= 11 is 0. The molecule has 8 heteroatoms. The summed E-state index contributed by atoms with van der Waals surface area (Å²) in [6, 6.07) is -0.680. The first-order valence-electron chi connectivity index (χ1n) is 20.6. The molecular weight excluding hydrogens is 606 g/mol. The highest BCUT2D eigenvalue weighted by Crippen LogP contribution is 2.33. The van der Waals surface area contributed by atoms with Crippen molar-refractivity contribution < 1.29 is 35.4 Å². The van der Waals surface area contributed by atoms with E-state index in [0.29, 0.717) is 32.1 Å². The van der Waals surface area contributed by atoms with Gasteiger partial charge in [-0.25, -0.2) is 0 Å². The van der Waals surface area contributed by atoms with Crippen LogP contribution in [-0.4, -0.2) is 79.7 Å². The third-order valence-electron chi connectivity index (χ3n) is 10.9. The maximum absolute atomic E-state index is 12.7. The van der Waals surface area contributed by atoms with Gasteiger partial charge in [0, 0.05) is 18.9 Å². The van der Waals surface area contributed by atoms with Gasteiger partial charge in [-0.3, -0.25) is 4.79 Å². The van der Waals surface area contributed by atoms with Crippen LogP contribution in [0.1, 0.15) is 194 Å². The summed E-state index contributed by atoms with van der Waals surface area (Å²) in [6.45, 7) is 3.75. The van der Waals surface area contributed by atoms with Crippen LogP contribution in [0, 0.1) is 11.8 Å². The standard InChI is InChI=1S/C40H79NO7/c1-3-5-6-7-8-9-10-11-12-13-14-15-16-17-18-19-20-21-22-23-24-25-26-27-36(44)41-34(39(47)35(43)4-2)29-28-32-30-33(31-42)38(46)40(48)37(32)45/h32-35,37-40,42-43,45-48H,3-31H2,1-2H3,(H,41,44). The van der Waals surface area contributed by atoms with E-state index in [2.05, 4.69) is 12.2 Å². The molecule has 1 aliphatic rings. The van der Waals surface area contributed by atoms with E-state index in [0.717, 1.165) is 19.3 Å². The molecule has 0 aliphatic heterocycles. The lowest BCUT2D eigenvalue weighted by atomic mass is 9.73. The summed E-state index contributed by atoms with van der Waals surface area (Å²) in [6.07, 6.45) is 26.4. The van der Waals surface area contributed by atoms with Gasteiger partial charge in [-0.2, -0.15) is 0 Å². The molecule has 0 saturated heterocycles. The summed E-state index contributed by atoms with van der Waals surface area (Å²) < 4.78 is 0. The summed E-state index contributed by atoms with van der Waals surface area (Å²) in [5.41, 5.74) is 0. The van der Waals surface area contributed by atoms with Crippen molar-refractivity contribution in [2.24, 2.45) is 11.8 Å². The second kappa shape index (κ2) is 29.9. The van der Waals surface area contributed by atoms with Crippen molar-refractivity contribution in [1.29, 1.82) is 0 Å². The minimum absolute atomic E-state index is 0.154. The van der Waals surface area contributed by atoms with Gasteiger partial charge in [0.15, 0.2) is 0 Å². The number of hydrogen-bond donors (Lipinski definition) is 7. The van der Waals surface area contributed by atoms with Crippen molar-refractivity contribution in [3.63, 3.8) is 0 Å². The second-order valence-electron chi connectivity index (χ2n) is 15.2. The van der Waals surface area contributed by atoms with Crippen molar-refractivity contribution in [3.05, 3.63) is 0 Å². The molecule has 1 fully saturated rings. The Kier molecular flexibility index (Phi) is 28.2. The maximum atomic E-state index is 12.7. The highest BCUT2D eigenvalue weighted by atomic mass is 16.4. The van der Waals surface area contributed by atoms with E-state index in [9.17, 15) is 35.4 Å². The Hall–Kier alpha value is -0.770. The predicted octanol–water partition coefficient (Wildman–Crippen LogP) is 7.48. The molecular formula is C40H79NO7. The van der Waals surface area contributed by atoms with Crippen molar-refractivity contribution >= 4 is 5.91 Å². The Morgan fingerprint density at radius 3 is 1.40 bits per heavy atom. The smallest absolute Gasteiger partial charge is 0.220 e. The molecule has 8 unspecified atom stereocenters. The lowest BCUT2D eigenvalue weighted by Gasteiger charge is -2.40. The van der Waals surface area contributed by atoms with Crippen molar-refractivity contribution in [2.75, 3.05) is 6.61 Å². The summed E-state index contributed by atoms with van der Waals surface area (Å²) in [4.78, 5) is 12.7. The predicted molar refractivity (Wildman–Crippen MR) is 197 cm³/mol. The lowest BCUT2D eigenvalue weighted by Crippen LogP contribution is -2.53.